The number of rotatable bonds is 7. The molecule has 0 aliphatic heterocycles. The second-order valence-corrected chi connectivity index (χ2v) is 4.84. The van der Waals surface area contributed by atoms with Crippen molar-refractivity contribution in [3.8, 4) is 5.75 Å². The molecule has 1 aromatic carbocycles. The summed E-state index contributed by atoms with van der Waals surface area (Å²) < 4.78 is 5.32. The van der Waals surface area contributed by atoms with Gasteiger partial charge in [-0.2, -0.15) is 0 Å². The van der Waals surface area contributed by atoms with Crippen LogP contribution in [0.3, 0.4) is 0 Å². The Balaban J connectivity index is 2.54. The molecule has 2 N–H and O–H groups in total. The van der Waals surface area contributed by atoms with Gasteiger partial charge in [-0.15, -0.1) is 0 Å². The highest BCUT2D eigenvalue weighted by molar-refractivity contribution is 5.77. The molecule has 0 spiro atoms. The summed E-state index contributed by atoms with van der Waals surface area (Å²) in [6, 6.07) is 8.12. The minimum atomic E-state index is 0.0699. The molecule has 19 heavy (non-hydrogen) atoms. The monoisotopic (exact) mass is 264 g/mol. The Morgan fingerprint density at radius 1 is 1.32 bits per heavy atom. The topological polar surface area (TPSA) is 50.4 Å². The Morgan fingerprint density at radius 2 is 2.00 bits per heavy atom. The van der Waals surface area contributed by atoms with Crippen LogP contribution < -0.4 is 15.4 Å². The highest BCUT2D eigenvalue weighted by Crippen LogP contribution is 2.28. The first-order valence-electron chi connectivity index (χ1n) is 6.65. The van der Waals surface area contributed by atoms with Crippen molar-refractivity contribution in [2.45, 2.75) is 32.2 Å². The van der Waals surface area contributed by atoms with Crippen LogP contribution in [-0.2, 0) is 4.79 Å². The van der Waals surface area contributed by atoms with Crippen molar-refractivity contribution in [1.29, 1.82) is 0 Å². The van der Waals surface area contributed by atoms with Crippen LogP contribution in [0, 0.1) is 0 Å². The SMILES string of the molecule is CNC(C)CNC(=O)CC(C)c1ccccc1OC. The number of hydrogen-bond donors (Lipinski definition) is 2. The van der Waals surface area contributed by atoms with E-state index < -0.39 is 0 Å². The number of amides is 1. The first-order chi connectivity index (χ1) is 9.08. The predicted molar refractivity (Wildman–Crippen MR) is 77.6 cm³/mol. The molecule has 106 valence electrons. The molecule has 0 aliphatic rings. The summed E-state index contributed by atoms with van der Waals surface area (Å²) >= 11 is 0. The second-order valence-electron chi connectivity index (χ2n) is 4.84. The Bertz CT molecular complexity index is 407. The van der Waals surface area contributed by atoms with Crippen molar-refractivity contribution in [1.82, 2.24) is 10.6 Å². The van der Waals surface area contributed by atoms with Gasteiger partial charge in [0.2, 0.25) is 5.91 Å². The number of nitrogens with one attached hydrogen (secondary N) is 2. The molecule has 0 heterocycles. The molecule has 2 unspecified atom stereocenters. The smallest absolute Gasteiger partial charge is 0.220 e. The highest BCUT2D eigenvalue weighted by Gasteiger charge is 2.15. The third-order valence-corrected chi connectivity index (χ3v) is 3.26. The minimum absolute atomic E-state index is 0.0699. The molecule has 0 saturated heterocycles. The summed E-state index contributed by atoms with van der Waals surface area (Å²) in [6.07, 6.45) is 0.469. The van der Waals surface area contributed by atoms with Crippen LogP contribution in [0.4, 0.5) is 0 Å². The summed E-state index contributed by atoms with van der Waals surface area (Å²) in [7, 11) is 3.54. The minimum Gasteiger partial charge on any atom is -0.496 e. The van der Waals surface area contributed by atoms with Gasteiger partial charge in [-0.3, -0.25) is 4.79 Å². The summed E-state index contributed by atoms with van der Waals surface area (Å²) in [5, 5.41) is 6.02. The third kappa shape index (κ3) is 4.91. The van der Waals surface area contributed by atoms with Crippen LogP contribution in [0.2, 0.25) is 0 Å². The van der Waals surface area contributed by atoms with Crippen LogP contribution >= 0.6 is 0 Å². The molecule has 4 nitrogen and oxygen atoms in total. The van der Waals surface area contributed by atoms with Crippen molar-refractivity contribution in [2.75, 3.05) is 20.7 Å². The zero-order valence-corrected chi connectivity index (χ0v) is 12.2. The van der Waals surface area contributed by atoms with Crippen molar-refractivity contribution < 1.29 is 9.53 Å². The average molecular weight is 264 g/mol. The van der Waals surface area contributed by atoms with Gasteiger partial charge in [0.05, 0.1) is 7.11 Å². The van der Waals surface area contributed by atoms with E-state index in [0.717, 1.165) is 11.3 Å². The standard InChI is InChI=1S/C15H24N2O2/c1-11(9-15(18)17-10-12(2)16-3)13-7-5-6-8-14(13)19-4/h5-8,11-12,16H,9-10H2,1-4H3,(H,17,18). The lowest BCUT2D eigenvalue weighted by molar-refractivity contribution is -0.121. The van der Waals surface area contributed by atoms with Gasteiger partial charge in [-0.1, -0.05) is 25.1 Å². The van der Waals surface area contributed by atoms with E-state index in [9.17, 15) is 4.79 Å². The van der Waals surface area contributed by atoms with Crippen molar-refractivity contribution in [2.24, 2.45) is 0 Å². The van der Waals surface area contributed by atoms with Gasteiger partial charge in [-0.05, 0) is 31.5 Å². The molecular formula is C15H24N2O2. The molecule has 0 aromatic heterocycles. The molecule has 2 atom stereocenters. The van der Waals surface area contributed by atoms with Gasteiger partial charge in [0, 0.05) is 19.0 Å². The molecule has 0 radical (unpaired) electrons. The summed E-state index contributed by atoms with van der Waals surface area (Å²) in [4.78, 5) is 11.9. The van der Waals surface area contributed by atoms with Crippen LogP contribution in [0.1, 0.15) is 31.7 Å². The van der Waals surface area contributed by atoms with Crippen molar-refractivity contribution >= 4 is 5.91 Å². The lowest BCUT2D eigenvalue weighted by Gasteiger charge is -2.16. The van der Waals surface area contributed by atoms with E-state index in [1.165, 1.54) is 0 Å². The van der Waals surface area contributed by atoms with Gasteiger partial charge < -0.3 is 15.4 Å². The lowest BCUT2D eigenvalue weighted by Crippen LogP contribution is -2.37. The predicted octanol–water partition coefficient (Wildman–Crippen LogP) is 1.91. The van der Waals surface area contributed by atoms with E-state index >= 15 is 0 Å². The van der Waals surface area contributed by atoms with E-state index in [-0.39, 0.29) is 17.9 Å². The quantitative estimate of drug-likeness (QED) is 0.791. The zero-order valence-electron chi connectivity index (χ0n) is 12.2. The molecule has 0 aliphatic carbocycles. The Kier molecular flexibility index (Phi) is 6.36. The normalized spacial score (nSPS) is 13.7. The average Bonchev–Trinajstić information content (AvgIpc) is 2.44. The number of carbonyl (C=O) groups is 1. The lowest BCUT2D eigenvalue weighted by atomic mass is 9.96. The number of likely N-dealkylation sites (N-methyl/N-ethyl adjacent to an activating group) is 1. The van der Waals surface area contributed by atoms with Gasteiger partial charge in [0.15, 0.2) is 0 Å². The molecule has 1 aromatic rings. The Hall–Kier alpha value is -1.55. The number of ether oxygens (including phenoxy) is 1. The maximum Gasteiger partial charge on any atom is 0.220 e. The first-order valence-corrected chi connectivity index (χ1v) is 6.65. The third-order valence-electron chi connectivity index (χ3n) is 3.26. The maximum atomic E-state index is 11.9. The number of carbonyl (C=O) groups excluding carboxylic acids is 1. The van der Waals surface area contributed by atoms with Gasteiger partial charge >= 0.3 is 0 Å². The van der Waals surface area contributed by atoms with E-state index in [1.807, 2.05) is 45.2 Å². The number of benzene rings is 1. The molecule has 4 heteroatoms. The van der Waals surface area contributed by atoms with Gasteiger partial charge in [-0.25, -0.2) is 0 Å². The molecule has 0 bridgehead atoms. The summed E-state index contributed by atoms with van der Waals surface area (Å²) in [6.45, 7) is 4.72. The number of hydrogen-bond acceptors (Lipinski definition) is 3. The zero-order chi connectivity index (χ0) is 14.3. The molecule has 1 rings (SSSR count). The maximum absolute atomic E-state index is 11.9. The Labute approximate surface area is 115 Å². The van der Waals surface area contributed by atoms with Gasteiger partial charge in [0.25, 0.3) is 0 Å². The van der Waals surface area contributed by atoms with Gasteiger partial charge in [0.1, 0.15) is 5.75 Å². The summed E-state index contributed by atoms with van der Waals surface area (Å²) in [5.74, 6) is 1.05. The molecule has 0 saturated carbocycles. The second kappa shape index (κ2) is 7.79. The van der Waals surface area contributed by atoms with Crippen LogP contribution in [0.5, 0.6) is 5.75 Å². The fraction of sp³-hybridized carbons (Fsp3) is 0.533. The fourth-order valence-electron chi connectivity index (χ4n) is 1.90. The number of para-hydroxylation sites is 1. The van der Waals surface area contributed by atoms with E-state index in [0.29, 0.717) is 13.0 Å². The van der Waals surface area contributed by atoms with E-state index in [2.05, 4.69) is 10.6 Å². The van der Waals surface area contributed by atoms with Crippen LogP contribution in [0.15, 0.2) is 24.3 Å². The molecule has 0 fully saturated rings. The first kappa shape index (κ1) is 15.5. The fourth-order valence-corrected chi connectivity index (χ4v) is 1.90. The molecule has 1 amide bonds. The Morgan fingerprint density at radius 3 is 2.63 bits per heavy atom. The van der Waals surface area contributed by atoms with E-state index in [1.54, 1.807) is 7.11 Å². The summed E-state index contributed by atoms with van der Waals surface area (Å²) in [5.41, 5.74) is 1.07. The van der Waals surface area contributed by atoms with Crippen LogP contribution in [0.25, 0.3) is 0 Å². The largest absolute Gasteiger partial charge is 0.496 e. The number of methoxy groups -OCH3 is 1. The van der Waals surface area contributed by atoms with E-state index in [4.69, 9.17) is 4.74 Å². The highest BCUT2D eigenvalue weighted by atomic mass is 16.5. The van der Waals surface area contributed by atoms with Crippen LogP contribution in [-0.4, -0.2) is 32.7 Å². The van der Waals surface area contributed by atoms with Crippen molar-refractivity contribution in [3.05, 3.63) is 29.8 Å². The van der Waals surface area contributed by atoms with Crippen molar-refractivity contribution in [3.63, 3.8) is 0 Å². The molecular weight excluding hydrogens is 240 g/mol.